The number of rotatable bonds is 3. The van der Waals surface area contributed by atoms with E-state index in [4.69, 9.17) is 0 Å². The Bertz CT molecular complexity index is 558. The normalized spacial score (nSPS) is 19.8. The van der Waals surface area contributed by atoms with Gasteiger partial charge in [0.25, 0.3) is 0 Å². The third-order valence-corrected chi connectivity index (χ3v) is 5.08. The number of thiazole rings is 1. The number of aromatic nitrogens is 1. The van der Waals surface area contributed by atoms with Crippen LogP contribution >= 0.6 is 11.3 Å². The van der Waals surface area contributed by atoms with Gasteiger partial charge in [-0.1, -0.05) is 0 Å². The Balaban J connectivity index is 2.07. The lowest BCUT2D eigenvalue weighted by molar-refractivity contribution is -0.132. The number of likely N-dealkylation sites (N-methyl/N-ethyl adjacent to an activating group) is 1. The first kappa shape index (κ1) is 16.9. The summed E-state index contributed by atoms with van der Waals surface area (Å²) in [4.78, 5) is 33.9. The largest absolute Gasteiger partial charge is 0.359 e. The van der Waals surface area contributed by atoms with Crippen molar-refractivity contribution in [2.24, 2.45) is 5.92 Å². The molecule has 0 saturated carbocycles. The van der Waals surface area contributed by atoms with Crippen molar-refractivity contribution < 1.29 is 9.59 Å². The van der Waals surface area contributed by atoms with Gasteiger partial charge in [0, 0.05) is 38.1 Å². The van der Waals surface area contributed by atoms with E-state index < -0.39 is 0 Å². The molecule has 1 aromatic heterocycles. The monoisotopic (exact) mass is 324 g/mol. The minimum absolute atomic E-state index is 0.00337. The summed E-state index contributed by atoms with van der Waals surface area (Å²) in [5.74, 6) is -0.0990. The number of aryl methyl sites for hydroxylation is 2. The number of carbonyl (C=O) groups excluding carboxylic acids is 2. The van der Waals surface area contributed by atoms with Crippen LogP contribution in [-0.4, -0.2) is 66.9 Å². The van der Waals surface area contributed by atoms with E-state index in [9.17, 15) is 9.59 Å². The summed E-state index contributed by atoms with van der Waals surface area (Å²) in [5.41, 5.74) is 0.936. The molecule has 7 heteroatoms. The van der Waals surface area contributed by atoms with Gasteiger partial charge in [0.05, 0.1) is 23.0 Å². The van der Waals surface area contributed by atoms with Crippen LogP contribution in [-0.2, 0) is 16.0 Å². The molecule has 0 aliphatic carbocycles. The van der Waals surface area contributed by atoms with E-state index in [1.54, 1.807) is 18.4 Å². The summed E-state index contributed by atoms with van der Waals surface area (Å²) in [6.45, 7) is 6.52. The van der Waals surface area contributed by atoms with Crippen molar-refractivity contribution in [2.45, 2.75) is 20.3 Å². The maximum absolute atomic E-state index is 12.6. The Morgan fingerprint density at radius 1 is 1.32 bits per heavy atom. The summed E-state index contributed by atoms with van der Waals surface area (Å²) >= 11 is 1.58. The molecule has 1 atom stereocenters. The molecule has 2 amide bonds. The predicted octanol–water partition coefficient (Wildman–Crippen LogP) is 0.439. The topological polar surface area (TPSA) is 65.5 Å². The van der Waals surface area contributed by atoms with Crippen LogP contribution in [0.3, 0.4) is 0 Å². The number of nitrogens with zero attached hydrogens (tertiary/aromatic N) is 3. The van der Waals surface area contributed by atoms with E-state index in [2.05, 4.69) is 15.2 Å². The van der Waals surface area contributed by atoms with Crippen molar-refractivity contribution in [1.29, 1.82) is 0 Å². The molecule has 1 unspecified atom stereocenters. The lowest BCUT2D eigenvalue weighted by Crippen LogP contribution is -2.41. The standard InChI is InChI=1S/C15H24N4O2S/c1-10-13(22-11(2)17-10)7-14(20)19-6-5-18(4)8-12(9-19)15(21)16-3/h12H,5-9H2,1-4H3,(H,16,21). The number of amides is 2. The molecule has 0 spiro atoms. The van der Waals surface area contributed by atoms with Crippen LogP contribution in [0.2, 0.25) is 0 Å². The van der Waals surface area contributed by atoms with Crippen LogP contribution in [0, 0.1) is 19.8 Å². The number of hydrogen-bond acceptors (Lipinski definition) is 5. The van der Waals surface area contributed by atoms with E-state index in [-0.39, 0.29) is 17.7 Å². The van der Waals surface area contributed by atoms with Crippen LogP contribution in [0.5, 0.6) is 0 Å². The molecule has 1 aromatic rings. The first-order valence-electron chi connectivity index (χ1n) is 7.51. The van der Waals surface area contributed by atoms with E-state index >= 15 is 0 Å². The second-order valence-corrected chi connectivity index (χ2v) is 7.12. The Morgan fingerprint density at radius 2 is 2.05 bits per heavy atom. The van der Waals surface area contributed by atoms with E-state index in [0.717, 1.165) is 22.1 Å². The SMILES string of the molecule is CNC(=O)C1CN(C)CCN(C(=O)Cc2sc(C)nc2C)C1. The van der Waals surface area contributed by atoms with Crippen LogP contribution in [0.15, 0.2) is 0 Å². The summed E-state index contributed by atoms with van der Waals surface area (Å²) in [5, 5.41) is 3.68. The highest BCUT2D eigenvalue weighted by Crippen LogP contribution is 2.19. The minimum atomic E-state index is -0.175. The predicted molar refractivity (Wildman–Crippen MR) is 86.9 cm³/mol. The molecule has 2 heterocycles. The zero-order chi connectivity index (χ0) is 16.3. The van der Waals surface area contributed by atoms with Crippen LogP contribution in [0.1, 0.15) is 15.6 Å². The first-order valence-corrected chi connectivity index (χ1v) is 8.33. The van der Waals surface area contributed by atoms with Crippen molar-refractivity contribution in [2.75, 3.05) is 40.3 Å². The van der Waals surface area contributed by atoms with Crippen molar-refractivity contribution in [1.82, 2.24) is 20.1 Å². The Kier molecular flexibility index (Phi) is 5.52. The summed E-state index contributed by atoms with van der Waals surface area (Å²) in [7, 11) is 3.63. The fourth-order valence-corrected chi connectivity index (χ4v) is 3.69. The maximum atomic E-state index is 12.6. The third-order valence-electron chi connectivity index (χ3n) is 4.01. The molecule has 0 aromatic carbocycles. The molecule has 0 radical (unpaired) electrons. The van der Waals surface area contributed by atoms with Gasteiger partial charge < -0.3 is 15.1 Å². The molecule has 122 valence electrons. The highest BCUT2D eigenvalue weighted by molar-refractivity contribution is 7.11. The molecule has 22 heavy (non-hydrogen) atoms. The van der Waals surface area contributed by atoms with Gasteiger partial charge in [0.2, 0.25) is 11.8 Å². The lowest BCUT2D eigenvalue weighted by Gasteiger charge is -2.23. The van der Waals surface area contributed by atoms with Crippen LogP contribution in [0.25, 0.3) is 0 Å². The highest BCUT2D eigenvalue weighted by Gasteiger charge is 2.28. The average molecular weight is 324 g/mol. The average Bonchev–Trinajstić information content (AvgIpc) is 2.67. The van der Waals surface area contributed by atoms with Gasteiger partial charge in [-0.05, 0) is 20.9 Å². The molecule has 1 fully saturated rings. The van der Waals surface area contributed by atoms with Gasteiger partial charge in [-0.15, -0.1) is 11.3 Å². The highest BCUT2D eigenvalue weighted by atomic mass is 32.1. The summed E-state index contributed by atoms with van der Waals surface area (Å²) in [6.07, 6.45) is 0.377. The molecule has 2 rings (SSSR count). The zero-order valence-electron chi connectivity index (χ0n) is 13.7. The Labute approximate surface area is 135 Å². The van der Waals surface area contributed by atoms with Crippen molar-refractivity contribution in [3.63, 3.8) is 0 Å². The molecule has 1 saturated heterocycles. The molecule has 0 bridgehead atoms. The number of hydrogen-bond donors (Lipinski definition) is 1. The van der Waals surface area contributed by atoms with Gasteiger partial charge >= 0.3 is 0 Å². The second kappa shape index (κ2) is 7.19. The molecule has 1 aliphatic heterocycles. The van der Waals surface area contributed by atoms with Gasteiger partial charge in [-0.25, -0.2) is 4.98 Å². The summed E-state index contributed by atoms with van der Waals surface area (Å²) in [6, 6.07) is 0. The number of nitrogens with one attached hydrogen (secondary N) is 1. The van der Waals surface area contributed by atoms with Gasteiger partial charge in [0.1, 0.15) is 0 Å². The second-order valence-electron chi connectivity index (χ2n) is 5.83. The van der Waals surface area contributed by atoms with Crippen LogP contribution in [0.4, 0.5) is 0 Å². The minimum Gasteiger partial charge on any atom is -0.359 e. The zero-order valence-corrected chi connectivity index (χ0v) is 14.5. The van der Waals surface area contributed by atoms with Gasteiger partial charge in [-0.2, -0.15) is 0 Å². The maximum Gasteiger partial charge on any atom is 0.227 e. The quantitative estimate of drug-likeness (QED) is 0.876. The molecular formula is C15H24N4O2S. The summed E-state index contributed by atoms with van der Waals surface area (Å²) < 4.78 is 0. The lowest BCUT2D eigenvalue weighted by atomic mass is 10.1. The van der Waals surface area contributed by atoms with E-state index in [0.29, 0.717) is 26.1 Å². The van der Waals surface area contributed by atoms with Gasteiger partial charge in [-0.3, -0.25) is 9.59 Å². The third kappa shape index (κ3) is 4.04. The molecule has 6 nitrogen and oxygen atoms in total. The molecule has 1 N–H and O–H groups in total. The van der Waals surface area contributed by atoms with E-state index in [1.165, 1.54) is 0 Å². The molecule has 1 aliphatic rings. The van der Waals surface area contributed by atoms with Gasteiger partial charge in [0.15, 0.2) is 0 Å². The smallest absolute Gasteiger partial charge is 0.227 e. The fraction of sp³-hybridized carbons (Fsp3) is 0.667. The number of carbonyl (C=O) groups is 2. The Hall–Kier alpha value is -1.47. The van der Waals surface area contributed by atoms with Crippen LogP contribution < -0.4 is 5.32 Å². The van der Waals surface area contributed by atoms with E-state index in [1.807, 2.05) is 25.8 Å². The van der Waals surface area contributed by atoms with Crippen molar-refractivity contribution >= 4 is 23.2 Å². The first-order chi connectivity index (χ1) is 10.4. The Morgan fingerprint density at radius 3 is 2.64 bits per heavy atom. The van der Waals surface area contributed by atoms with Crippen molar-refractivity contribution in [3.05, 3.63) is 15.6 Å². The molecular weight excluding hydrogens is 300 g/mol. The van der Waals surface area contributed by atoms with Crippen molar-refractivity contribution in [3.8, 4) is 0 Å². The fourth-order valence-electron chi connectivity index (χ4n) is 2.76.